The standard InChI is InChI=1S/C24H26F3NO/c1-16-8-7-9-17(2)21(16)22(3,4)15-23(29,24(25,26)27)14-18-12-13-28-20-11-6-5-10-19(18)20/h5-13,29H,14-15H2,1-4H3. The average molecular weight is 401 g/mol. The molecule has 1 N–H and O–H groups in total. The van der Waals surface area contributed by atoms with Gasteiger partial charge in [-0.3, -0.25) is 4.98 Å². The van der Waals surface area contributed by atoms with Gasteiger partial charge < -0.3 is 5.11 Å². The maximum absolute atomic E-state index is 14.2. The molecule has 0 saturated heterocycles. The molecule has 2 nitrogen and oxygen atoms in total. The predicted octanol–water partition coefficient (Wildman–Crippen LogP) is 6.06. The summed E-state index contributed by atoms with van der Waals surface area (Å²) in [5.41, 5.74) is 0.0130. The minimum Gasteiger partial charge on any atom is -0.380 e. The first-order valence-corrected chi connectivity index (χ1v) is 9.63. The highest BCUT2D eigenvalue weighted by Crippen LogP contribution is 2.44. The van der Waals surface area contributed by atoms with Crippen molar-refractivity contribution in [1.29, 1.82) is 0 Å². The molecule has 29 heavy (non-hydrogen) atoms. The Labute approximate surface area is 169 Å². The van der Waals surface area contributed by atoms with E-state index in [4.69, 9.17) is 0 Å². The molecule has 0 fully saturated rings. The van der Waals surface area contributed by atoms with Gasteiger partial charge in [-0.2, -0.15) is 13.2 Å². The molecule has 0 spiro atoms. The van der Waals surface area contributed by atoms with Gasteiger partial charge in [-0.1, -0.05) is 50.2 Å². The Morgan fingerprint density at radius 2 is 1.52 bits per heavy atom. The van der Waals surface area contributed by atoms with Crippen molar-refractivity contribution in [3.63, 3.8) is 0 Å². The van der Waals surface area contributed by atoms with Crippen molar-refractivity contribution in [2.75, 3.05) is 0 Å². The summed E-state index contributed by atoms with van der Waals surface area (Å²) in [6.45, 7) is 7.33. The Balaban J connectivity index is 2.06. The molecular weight excluding hydrogens is 375 g/mol. The summed E-state index contributed by atoms with van der Waals surface area (Å²) in [6, 6.07) is 14.3. The third-order valence-electron chi connectivity index (χ3n) is 5.64. The van der Waals surface area contributed by atoms with Crippen LogP contribution >= 0.6 is 0 Å². The average Bonchev–Trinajstić information content (AvgIpc) is 2.60. The van der Waals surface area contributed by atoms with Gasteiger partial charge in [0.2, 0.25) is 0 Å². The van der Waals surface area contributed by atoms with Crippen LogP contribution in [0, 0.1) is 13.8 Å². The van der Waals surface area contributed by atoms with Gasteiger partial charge in [0, 0.05) is 18.0 Å². The van der Waals surface area contributed by atoms with E-state index in [9.17, 15) is 18.3 Å². The molecule has 0 amide bonds. The number of alkyl halides is 3. The van der Waals surface area contributed by atoms with Crippen LogP contribution in [0.25, 0.3) is 10.9 Å². The van der Waals surface area contributed by atoms with Gasteiger partial charge in [-0.15, -0.1) is 0 Å². The number of nitrogens with zero attached hydrogens (tertiary/aromatic N) is 1. The van der Waals surface area contributed by atoms with Gasteiger partial charge in [0.05, 0.1) is 5.52 Å². The van der Waals surface area contributed by atoms with E-state index in [0.29, 0.717) is 16.5 Å². The molecule has 3 rings (SSSR count). The highest BCUT2D eigenvalue weighted by molar-refractivity contribution is 5.81. The molecule has 0 bridgehead atoms. The number of benzene rings is 2. The van der Waals surface area contributed by atoms with E-state index in [-0.39, 0.29) is 0 Å². The molecule has 1 aromatic heterocycles. The Hall–Kier alpha value is -2.40. The van der Waals surface area contributed by atoms with E-state index in [1.807, 2.05) is 32.0 Å². The lowest BCUT2D eigenvalue weighted by atomic mass is 9.70. The quantitative estimate of drug-likeness (QED) is 0.564. The summed E-state index contributed by atoms with van der Waals surface area (Å²) in [5.74, 6) is 0. The second-order valence-electron chi connectivity index (χ2n) is 8.52. The fourth-order valence-corrected chi connectivity index (χ4v) is 4.59. The van der Waals surface area contributed by atoms with Gasteiger partial charge in [0.15, 0.2) is 5.60 Å². The normalized spacial score (nSPS) is 14.8. The topological polar surface area (TPSA) is 33.1 Å². The van der Waals surface area contributed by atoms with Crippen molar-refractivity contribution in [3.8, 4) is 0 Å². The van der Waals surface area contributed by atoms with Crippen molar-refractivity contribution in [3.05, 3.63) is 77.0 Å². The van der Waals surface area contributed by atoms with Gasteiger partial charge in [-0.05, 0) is 60.1 Å². The Bertz CT molecular complexity index is 1000. The van der Waals surface area contributed by atoms with Crippen LogP contribution in [0.4, 0.5) is 13.2 Å². The zero-order chi connectivity index (χ0) is 21.4. The van der Waals surface area contributed by atoms with Crippen molar-refractivity contribution >= 4 is 10.9 Å². The van der Waals surface area contributed by atoms with Crippen LogP contribution < -0.4 is 0 Å². The number of aromatic nitrogens is 1. The summed E-state index contributed by atoms with van der Waals surface area (Å²) in [5, 5.41) is 11.6. The second-order valence-corrected chi connectivity index (χ2v) is 8.52. The van der Waals surface area contributed by atoms with Crippen LogP contribution in [0.3, 0.4) is 0 Å². The maximum Gasteiger partial charge on any atom is 0.417 e. The minimum absolute atomic E-state index is 0.438. The molecule has 0 radical (unpaired) electrons. The molecule has 154 valence electrons. The number of para-hydroxylation sites is 1. The van der Waals surface area contributed by atoms with E-state index in [1.165, 1.54) is 6.20 Å². The number of pyridine rings is 1. The van der Waals surface area contributed by atoms with Crippen molar-refractivity contribution in [1.82, 2.24) is 4.98 Å². The van der Waals surface area contributed by atoms with Gasteiger partial charge in [0.1, 0.15) is 0 Å². The third-order valence-corrected chi connectivity index (χ3v) is 5.64. The number of fused-ring (bicyclic) bond motifs is 1. The fourth-order valence-electron chi connectivity index (χ4n) is 4.59. The number of hydrogen-bond acceptors (Lipinski definition) is 2. The molecule has 1 heterocycles. The first-order valence-electron chi connectivity index (χ1n) is 9.63. The smallest absolute Gasteiger partial charge is 0.380 e. The molecule has 0 aliphatic heterocycles. The predicted molar refractivity (Wildman–Crippen MR) is 110 cm³/mol. The molecule has 0 aliphatic rings. The first kappa shape index (κ1) is 21.3. The van der Waals surface area contributed by atoms with E-state index in [1.54, 1.807) is 44.2 Å². The molecule has 0 aliphatic carbocycles. The molecular formula is C24H26F3NO. The summed E-state index contributed by atoms with van der Waals surface area (Å²) >= 11 is 0. The third kappa shape index (κ3) is 4.15. The Morgan fingerprint density at radius 3 is 2.14 bits per heavy atom. The van der Waals surface area contributed by atoms with Crippen molar-refractivity contribution in [2.45, 2.75) is 57.7 Å². The van der Waals surface area contributed by atoms with Gasteiger partial charge in [0.25, 0.3) is 0 Å². The maximum atomic E-state index is 14.2. The van der Waals surface area contributed by atoms with E-state index in [0.717, 1.165) is 16.7 Å². The number of aryl methyl sites for hydroxylation is 2. The second kappa shape index (κ2) is 7.45. The van der Waals surface area contributed by atoms with Crippen LogP contribution in [0.15, 0.2) is 54.7 Å². The van der Waals surface area contributed by atoms with Crippen molar-refractivity contribution in [2.24, 2.45) is 0 Å². The van der Waals surface area contributed by atoms with Crippen LogP contribution in [0.5, 0.6) is 0 Å². The largest absolute Gasteiger partial charge is 0.417 e. The van der Waals surface area contributed by atoms with Crippen LogP contribution in [0.1, 0.15) is 42.5 Å². The minimum atomic E-state index is -4.77. The van der Waals surface area contributed by atoms with Crippen LogP contribution in [0.2, 0.25) is 0 Å². The Morgan fingerprint density at radius 1 is 0.897 bits per heavy atom. The van der Waals surface area contributed by atoms with Gasteiger partial charge in [-0.25, -0.2) is 0 Å². The summed E-state index contributed by atoms with van der Waals surface area (Å²) in [6.07, 6.45) is -4.24. The van der Waals surface area contributed by atoms with Gasteiger partial charge >= 0.3 is 6.18 Å². The molecule has 5 heteroatoms. The molecule has 3 aromatic rings. The number of hydrogen-bond donors (Lipinski definition) is 1. The highest BCUT2D eigenvalue weighted by Gasteiger charge is 2.56. The summed E-state index contributed by atoms with van der Waals surface area (Å²) < 4.78 is 42.5. The molecule has 0 saturated carbocycles. The van der Waals surface area contributed by atoms with E-state index >= 15 is 0 Å². The van der Waals surface area contributed by atoms with Crippen LogP contribution in [-0.2, 0) is 11.8 Å². The number of rotatable bonds is 5. The molecule has 1 atom stereocenters. The SMILES string of the molecule is Cc1cccc(C)c1C(C)(C)CC(O)(Cc1ccnc2ccccc12)C(F)(F)F. The zero-order valence-corrected chi connectivity index (χ0v) is 17.1. The zero-order valence-electron chi connectivity index (χ0n) is 17.1. The lowest BCUT2D eigenvalue weighted by Gasteiger charge is -2.39. The lowest BCUT2D eigenvalue weighted by molar-refractivity contribution is -0.266. The first-order chi connectivity index (χ1) is 13.4. The monoisotopic (exact) mass is 401 g/mol. The molecule has 1 unspecified atom stereocenters. The Kier molecular flexibility index (Phi) is 5.48. The number of halogens is 3. The van der Waals surface area contributed by atoms with E-state index < -0.39 is 30.0 Å². The summed E-state index contributed by atoms with van der Waals surface area (Å²) in [4.78, 5) is 4.22. The highest BCUT2D eigenvalue weighted by atomic mass is 19.4. The molecule has 2 aromatic carbocycles. The summed E-state index contributed by atoms with van der Waals surface area (Å²) in [7, 11) is 0. The van der Waals surface area contributed by atoms with Crippen LogP contribution in [-0.4, -0.2) is 21.9 Å². The fraction of sp³-hybridized carbons (Fsp3) is 0.375. The van der Waals surface area contributed by atoms with Crippen molar-refractivity contribution < 1.29 is 18.3 Å². The van der Waals surface area contributed by atoms with E-state index in [2.05, 4.69) is 4.98 Å². The number of aliphatic hydroxyl groups is 1. The lowest BCUT2D eigenvalue weighted by Crippen LogP contribution is -2.51.